The molecule has 1 saturated heterocycles. The number of rotatable bonds is 4. The molecule has 0 saturated carbocycles. The van der Waals surface area contributed by atoms with Gasteiger partial charge in [0.2, 0.25) is 0 Å². The number of halogens is 3. The first-order chi connectivity index (χ1) is 12.3. The largest absolute Gasteiger partial charge is 0.498 e. The van der Waals surface area contributed by atoms with Gasteiger partial charge in [-0.1, -0.05) is 12.1 Å². The van der Waals surface area contributed by atoms with Gasteiger partial charge >= 0.3 is 19.4 Å². The first-order valence-electron chi connectivity index (χ1n) is 8.86. The fraction of sp³-hybridized carbons (Fsp3) is 0.611. The monoisotopic (exact) mass is 387 g/mol. The second kappa shape index (κ2) is 7.35. The highest BCUT2D eigenvalue weighted by atomic mass is 19.4. The summed E-state index contributed by atoms with van der Waals surface area (Å²) in [6.45, 7) is 11.6. The van der Waals surface area contributed by atoms with Crippen molar-refractivity contribution in [1.82, 2.24) is 4.90 Å². The minimum absolute atomic E-state index is 0.222. The maximum absolute atomic E-state index is 13.1. The first kappa shape index (κ1) is 21.6. The average Bonchev–Trinajstić information content (AvgIpc) is 2.75. The van der Waals surface area contributed by atoms with E-state index in [1.54, 1.807) is 13.8 Å². The van der Waals surface area contributed by atoms with Gasteiger partial charge in [0.15, 0.2) is 0 Å². The summed E-state index contributed by atoms with van der Waals surface area (Å²) in [6.07, 6.45) is -5.29. The smallest absolute Gasteiger partial charge is 0.411 e. The zero-order valence-corrected chi connectivity index (χ0v) is 16.4. The number of amides is 1. The molecule has 0 N–H and O–H groups in total. The van der Waals surface area contributed by atoms with Gasteiger partial charge in [0, 0.05) is 18.6 Å². The zero-order valence-electron chi connectivity index (χ0n) is 16.4. The van der Waals surface area contributed by atoms with Crippen molar-refractivity contribution < 1.29 is 32.0 Å². The third-order valence-electron chi connectivity index (χ3n) is 5.07. The van der Waals surface area contributed by atoms with Crippen molar-refractivity contribution in [3.8, 4) is 5.75 Å². The molecular weight excluding hydrogens is 362 g/mol. The number of alkyl halides is 3. The second-order valence-electron chi connectivity index (χ2n) is 7.38. The van der Waals surface area contributed by atoms with Crippen LogP contribution < -0.4 is 10.2 Å². The van der Waals surface area contributed by atoms with E-state index >= 15 is 0 Å². The molecule has 0 atom stereocenters. The number of hydrogen-bond acceptors (Lipinski definition) is 4. The molecule has 0 radical (unpaired) electrons. The van der Waals surface area contributed by atoms with Crippen molar-refractivity contribution in [2.75, 3.05) is 13.1 Å². The minimum Gasteiger partial charge on any atom is -0.411 e. The molecule has 1 amide bonds. The van der Waals surface area contributed by atoms with E-state index in [4.69, 9.17) is 14.0 Å². The van der Waals surface area contributed by atoms with Crippen molar-refractivity contribution >= 4 is 18.7 Å². The lowest BCUT2D eigenvalue weighted by Crippen LogP contribution is -2.41. The molecule has 0 bridgehead atoms. The summed E-state index contributed by atoms with van der Waals surface area (Å²) in [5.41, 5.74) is -2.03. The van der Waals surface area contributed by atoms with Crippen molar-refractivity contribution in [2.24, 2.45) is 0 Å². The first-order valence-corrected chi connectivity index (χ1v) is 8.86. The Labute approximate surface area is 157 Å². The normalized spacial score (nSPS) is 18.5. The topological polar surface area (TPSA) is 48.0 Å². The standard InChI is InChI=1S/C18H25BF3NO4/c1-7-23(8-2)15(24)25-14-11-12(18(20,21)22)9-10-13(14)19-26-16(3,4)17(5,6)27-19/h9-11H,7-8H2,1-6H3. The Morgan fingerprint density at radius 1 is 1.11 bits per heavy atom. The van der Waals surface area contributed by atoms with Crippen LogP contribution in [0.5, 0.6) is 5.75 Å². The van der Waals surface area contributed by atoms with Crippen LogP contribution in [-0.2, 0) is 15.5 Å². The van der Waals surface area contributed by atoms with Crippen LogP contribution in [0.15, 0.2) is 18.2 Å². The lowest BCUT2D eigenvalue weighted by molar-refractivity contribution is -0.137. The van der Waals surface area contributed by atoms with E-state index in [2.05, 4.69) is 0 Å². The lowest BCUT2D eigenvalue weighted by atomic mass is 9.78. The molecule has 1 heterocycles. The number of benzene rings is 1. The molecule has 27 heavy (non-hydrogen) atoms. The van der Waals surface area contributed by atoms with Gasteiger partial charge in [-0.2, -0.15) is 13.2 Å². The molecule has 1 aromatic carbocycles. The lowest BCUT2D eigenvalue weighted by Gasteiger charge is -2.32. The summed E-state index contributed by atoms with van der Waals surface area (Å²) in [5, 5.41) is 0. The van der Waals surface area contributed by atoms with Crippen LogP contribution in [-0.4, -0.2) is 42.4 Å². The number of nitrogens with zero attached hydrogens (tertiary/aromatic N) is 1. The van der Waals surface area contributed by atoms with Crippen molar-refractivity contribution in [2.45, 2.75) is 58.9 Å². The number of hydrogen-bond donors (Lipinski definition) is 0. The van der Waals surface area contributed by atoms with Gasteiger partial charge in [-0.05, 0) is 47.6 Å². The van der Waals surface area contributed by atoms with Gasteiger partial charge in [0.25, 0.3) is 0 Å². The zero-order chi connectivity index (χ0) is 20.6. The SMILES string of the molecule is CCN(CC)C(=O)Oc1cc(C(F)(F)F)ccc1B1OC(C)(C)C(C)(C)O1. The predicted octanol–water partition coefficient (Wildman–Crippen LogP) is 3.85. The van der Waals surface area contributed by atoms with Gasteiger partial charge in [-0.3, -0.25) is 0 Å². The third-order valence-corrected chi connectivity index (χ3v) is 5.07. The highest BCUT2D eigenvalue weighted by Crippen LogP contribution is 2.38. The molecule has 1 fully saturated rings. The Morgan fingerprint density at radius 2 is 1.63 bits per heavy atom. The van der Waals surface area contributed by atoms with Crippen molar-refractivity contribution in [3.63, 3.8) is 0 Å². The van der Waals surface area contributed by atoms with Crippen LogP contribution in [0.4, 0.5) is 18.0 Å². The van der Waals surface area contributed by atoms with E-state index in [1.165, 1.54) is 11.0 Å². The fourth-order valence-electron chi connectivity index (χ4n) is 2.60. The van der Waals surface area contributed by atoms with Crippen LogP contribution in [0.1, 0.15) is 47.1 Å². The Bertz CT molecular complexity index is 686. The number of ether oxygens (including phenoxy) is 1. The highest BCUT2D eigenvalue weighted by Gasteiger charge is 2.52. The van der Waals surface area contributed by atoms with Crippen LogP contribution in [0.2, 0.25) is 0 Å². The molecule has 1 aromatic rings. The Hall–Kier alpha value is -1.74. The summed E-state index contributed by atoms with van der Waals surface area (Å²) in [6, 6.07) is 2.96. The van der Waals surface area contributed by atoms with Gasteiger partial charge < -0.3 is 18.9 Å². The second-order valence-corrected chi connectivity index (χ2v) is 7.38. The maximum atomic E-state index is 13.1. The Morgan fingerprint density at radius 3 is 2.07 bits per heavy atom. The predicted molar refractivity (Wildman–Crippen MR) is 96.1 cm³/mol. The van der Waals surface area contributed by atoms with Crippen LogP contribution >= 0.6 is 0 Å². The minimum atomic E-state index is -4.56. The molecule has 0 unspecified atom stereocenters. The summed E-state index contributed by atoms with van der Waals surface area (Å²) >= 11 is 0. The van der Waals surface area contributed by atoms with Crippen molar-refractivity contribution in [1.29, 1.82) is 0 Å². The Kier molecular flexibility index (Phi) is 5.87. The van der Waals surface area contributed by atoms with Gasteiger partial charge in [0.05, 0.1) is 16.8 Å². The van der Waals surface area contributed by atoms with Crippen LogP contribution in [0.25, 0.3) is 0 Å². The van der Waals surface area contributed by atoms with E-state index in [0.717, 1.165) is 12.1 Å². The Balaban J connectivity index is 2.44. The van der Waals surface area contributed by atoms with E-state index in [-0.39, 0.29) is 11.2 Å². The molecule has 1 aliphatic heterocycles. The van der Waals surface area contributed by atoms with Crippen LogP contribution in [0, 0.1) is 0 Å². The van der Waals surface area contributed by atoms with E-state index in [1.807, 2.05) is 27.7 Å². The van der Waals surface area contributed by atoms with E-state index in [0.29, 0.717) is 13.1 Å². The fourth-order valence-corrected chi connectivity index (χ4v) is 2.60. The van der Waals surface area contributed by atoms with Gasteiger partial charge in [-0.15, -0.1) is 0 Å². The molecule has 0 aliphatic carbocycles. The quantitative estimate of drug-likeness (QED) is 0.737. The molecule has 9 heteroatoms. The highest BCUT2D eigenvalue weighted by molar-refractivity contribution is 6.63. The van der Waals surface area contributed by atoms with Gasteiger partial charge in [-0.25, -0.2) is 4.79 Å². The van der Waals surface area contributed by atoms with E-state index in [9.17, 15) is 18.0 Å². The summed E-state index contributed by atoms with van der Waals surface area (Å²) < 4.78 is 56.5. The molecule has 1 aliphatic rings. The van der Waals surface area contributed by atoms with Crippen molar-refractivity contribution in [3.05, 3.63) is 23.8 Å². The maximum Gasteiger partial charge on any atom is 0.498 e. The summed E-state index contributed by atoms with van der Waals surface area (Å²) in [5.74, 6) is -0.222. The molecular formula is C18H25BF3NO4. The van der Waals surface area contributed by atoms with Gasteiger partial charge in [0.1, 0.15) is 5.75 Å². The third kappa shape index (κ3) is 4.40. The molecule has 0 aromatic heterocycles. The number of carbonyl (C=O) groups excluding carboxylic acids is 1. The molecule has 150 valence electrons. The molecule has 5 nitrogen and oxygen atoms in total. The summed E-state index contributed by atoms with van der Waals surface area (Å²) in [7, 11) is -0.947. The van der Waals surface area contributed by atoms with Crippen LogP contribution in [0.3, 0.4) is 0 Å². The molecule has 2 rings (SSSR count). The average molecular weight is 387 g/mol. The summed E-state index contributed by atoms with van der Waals surface area (Å²) in [4.78, 5) is 13.7. The van der Waals surface area contributed by atoms with E-state index < -0.39 is 36.2 Å². The number of carbonyl (C=O) groups is 1. The molecule has 0 spiro atoms.